The van der Waals surface area contributed by atoms with Crippen LogP contribution in [0.2, 0.25) is 0 Å². The first kappa shape index (κ1) is 29.2. The number of nitrogens with zero attached hydrogens (tertiary/aromatic N) is 4. The SMILES string of the molecule is CCOc1ccc([C@H](C(=O)NC2CCCCC2)N(C(=O)Cn2nnc3ccccc32)c2ccc(S(N)(=O)=O)cc2)cc1. The number of carbonyl (C=O) groups excluding carboxylic acids is 2. The number of rotatable bonds is 10. The highest BCUT2D eigenvalue weighted by atomic mass is 32.2. The number of ether oxygens (including phenoxy) is 1. The summed E-state index contributed by atoms with van der Waals surface area (Å²) in [5.74, 6) is -0.137. The van der Waals surface area contributed by atoms with Gasteiger partial charge in [0.25, 0.3) is 0 Å². The molecule has 2 amide bonds. The molecule has 5 rings (SSSR count). The van der Waals surface area contributed by atoms with Gasteiger partial charge in [-0.2, -0.15) is 0 Å². The lowest BCUT2D eigenvalue weighted by Gasteiger charge is -2.33. The predicted molar refractivity (Wildman–Crippen MR) is 158 cm³/mol. The van der Waals surface area contributed by atoms with Crippen molar-refractivity contribution in [3.8, 4) is 5.75 Å². The van der Waals surface area contributed by atoms with Crippen LogP contribution in [0.3, 0.4) is 0 Å². The van der Waals surface area contributed by atoms with Crippen molar-refractivity contribution in [2.75, 3.05) is 11.5 Å². The van der Waals surface area contributed by atoms with Gasteiger partial charge in [0.1, 0.15) is 23.9 Å². The number of fused-ring (bicyclic) bond motifs is 1. The minimum atomic E-state index is -3.97. The number of aromatic nitrogens is 3. The summed E-state index contributed by atoms with van der Waals surface area (Å²) in [7, 11) is -3.97. The summed E-state index contributed by atoms with van der Waals surface area (Å²) in [6.45, 7) is 2.16. The van der Waals surface area contributed by atoms with E-state index in [1.54, 1.807) is 30.3 Å². The maximum absolute atomic E-state index is 14.2. The Labute approximate surface area is 244 Å². The second kappa shape index (κ2) is 12.7. The summed E-state index contributed by atoms with van der Waals surface area (Å²) in [4.78, 5) is 29.6. The van der Waals surface area contributed by atoms with Gasteiger partial charge in [0.15, 0.2) is 0 Å². The Hall–Kier alpha value is -4.29. The molecular formula is C30H34N6O5S. The third kappa shape index (κ3) is 6.60. The van der Waals surface area contributed by atoms with Crippen molar-refractivity contribution < 1.29 is 22.7 Å². The van der Waals surface area contributed by atoms with Crippen molar-refractivity contribution in [3.63, 3.8) is 0 Å². The number of nitrogens with two attached hydrogens (primary N) is 1. The van der Waals surface area contributed by atoms with Gasteiger partial charge in [-0.25, -0.2) is 18.2 Å². The first-order valence-corrected chi connectivity index (χ1v) is 15.6. The van der Waals surface area contributed by atoms with Crippen molar-refractivity contribution in [2.24, 2.45) is 5.14 Å². The van der Waals surface area contributed by atoms with Gasteiger partial charge in [0, 0.05) is 11.7 Å². The summed E-state index contributed by atoms with van der Waals surface area (Å²) in [6.07, 6.45) is 4.90. The Bertz CT molecular complexity index is 1650. The summed E-state index contributed by atoms with van der Waals surface area (Å²) in [5.41, 5.74) is 2.20. The van der Waals surface area contributed by atoms with Crippen molar-refractivity contribution in [1.82, 2.24) is 20.3 Å². The first-order valence-electron chi connectivity index (χ1n) is 14.0. The highest BCUT2D eigenvalue weighted by Crippen LogP contribution is 2.31. The van der Waals surface area contributed by atoms with Crippen LogP contribution in [-0.2, 0) is 26.2 Å². The third-order valence-electron chi connectivity index (χ3n) is 7.38. The minimum Gasteiger partial charge on any atom is -0.494 e. The minimum absolute atomic E-state index is 0.00239. The molecule has 12 heteroatoms. The Kier molecular flexibility index (Phi) is 8.83. The Balaban J connectivity index is 1.58. The Morgan fingerprint density at radius 2 is 1.71 bits per heavy atom. The zero-order valence-corrected chi connectivity index (χ0v) is 24.2. The zero-order valence-electron chi connectivity index (χ0n) is 23.3. The van der Waals surface area contributed by atoms with Crippen LogP contribution in [0.15, 0.2) is 77.7 Å². The number of benzene rings is 3. The lowest BCUT2D eigenvalue weighted by atomic mass is 9.94. The molecule has 0 spiro atoms. The van der Waals surface area contributed by atoms with E-state index in [1.165, 1.54) is 33.8 Å². The largest absolute Gasteiger partial charge is 0.494 e. The van der Waals surface area contributed by atoms with Gasteiger partial charge in [-0.05, 0) is 73.9 Å². The highest BCUT2D eigenvalue weighted by molar-refractivity contribution is 7.89. The van der Waals surface area contributed by atoms with Crippen molar-refractivity contribution in [3.05, 3.63) is 78.4 Å². The molecule has 1 saturated carbocycles. The molecule has 0 bridgehead atoms. The van der Waals surface area contributed by atoms with Crippen LogP contribution in [-0.4, -0.2) is 47.9 Å². The topological polar surface area (TPSA) is 150 Å². The second-order valence-electron chi connectivity index (χ2n) is 10.3. The van der Waals surface area contributed by atoms with Crippen LogP contribution in [0.5, 0.6) is 5.75 Å². The molecule has 4 aromatic rings. The maximum atomic E-state index is 14.2. The number of para-hydroxylation sites is 1. The Morgan fingerprint density at radius 1 is 1.02 bits per heavy atom. The van der Waals surface area contributed by atoms with E-state index in [-0.39, 0.29) is 23.4 Å². The van der Waals surface area contributed by atoms with Crippen LogP contribution in [0, 0.1) is 0 Å². The average Bonchev–Trinajstić information content (AvgIpc) is 3.39. The van der Waals surface area contributed by atoms with Gasteiger partial charge in [0.05, 0.1) is 17.0 Å². The number of anilines is 1. The van der Waals surface area contributed by atoms with E-state index < -0.39 is 22.0 Å². The summed E-state index contributed by atoms with van der Waals surface area (Å²) >= 11 is 0. The quantitative estimate of drug-likeness (QED) is 0.286. The van der Waals surface area contributed by atoms with Crippen molar-refractivity contribution >= 4 is 38.6 Å². The molecule has 0 aliphatic heterocycles. The van der Waals surface area contributed by atoms with Gasteiger partial charge in [-0.15, -0.1) is 5.10 Å². The molecule has 0 radical (unpaired) electrons. The standard InChI is InChI=1S/C30H34N6O5S/c1-2-41-24-16-12-21(13-17-24)29(30(38)32-22-8-4-3-5-9-22)36(23-14-18-25(19-15-23)42(31,39)40)28(37)20-35-27-11-7-6-10-26(27)33-34-35/h6-7,10-19,22,29H,2-5,8-9,20H2,1H3,(H,32,38)(H2,31,39,40)/t29-/m1/s1. The molecule has 1 heterocycles. The molecule has 1 aliphatic carbocycles. The van der Waals surface area contributed by atoms with E-state index in [0.29, 0.717) is 34.6 Å². The second-order valence-corrected chi connectivity index (χ2v) is 11.8. The van der Waals surface area contributed by atoms with Gasteiger partial charge in [-0.3, -0.25) is 14.5 Å². The van der Waals surface area contributed by atoms with Crippen LogP contribution >= 0.6 is 0 Å². The molecule has 11 nitrogen and oxygen atoms in total. The monoisotopic (exact) mass is 590 g/mol. The van der Waals surface area contributed by atoms with Crippen LogP contribution < -0.4 is 20.1 Å². The number of hydrogen-bond acceptors (Lipinski definition) is 7. The maximum Gasteiger partial charge on any atom is 0.249 e. The summed E-state index contributed by atoms with van der Waals surface area (Å²) in [6, 6.07) is 18.9. The number of amides is 2. The smallest absolute Gasteiger partial charge is 0.249 e. The van der Waals surface area contributed by atoms with E-state index in [4.69, 9.17) is 9.88 Å². The number of hydrogen-bond donors (Lipinski definition) is 2. The fourth-order valence-corrected chi connectivity index (χ4v) is 5.85. The summed E-state index contributed by atoms with van der Waals surface area (Å²) < 4.78 is 31.0. The molecule has 1 atom stereocenters. The van der Waals surface area contributed by atoms with Gasteiger partial charge in [-0.1, -0.05) is 48.7 Å². The van der Waals surface area contributed by atoms with Crippen LogP contribution in [0.4, 0.5) is 5.69 Å². The van der Waals surface area contributed by atoms with Crippen LogP contribution in [0.1, 0.15) is 50.6 Å². The zero-order chi connectivity index (χ0) is 29.7. The molecule has 3 N–H and O–H groups in total. The van der Waals surface area contributed by atoms with E-state index >= 15 is 0 Å². The highest BCUT2D eigenvalue weighted by Gasteiger charge is 2.34. The van der Waals surface area contributed by atoms with Crippen LogP contribution in [0.25, 0.3) is 11.0 Å². The first-order chi connectivity index (χ1) is 20.2. The van der Waals surface area contributed by atoms with E-state index in [2.05, 4.69) is 15.6 Å². The molecule has 1 fully saturated rings. The van der Waals surface area contributed by atoms with Gasteiger partial charge >= 0.3 is 0 Å². The lowest BCUT2D eigenvalue weighted by molar-refractivity contribution is -0.127. The third-order valence-corrected chi connectivity index (χ3v) is 8.31. The fraction of sp³-hybridized carbons (Fsp3) is 0.333. The van der Waals surface area contributed by atoms with Crippen molar-refractivity contribution in [2.45, 2.75) is 62.6 Å². The molecule has 3 aromatic carbocycles. The molecule has 220 valence electrons. The molecule has 0 unspecified atom stereocenters. The number of primary sulfonamides is 1. The van der Waals surface area contributed by atoms with Gasteiger partial charge in [0.2, 0.25) is 21.8 Å². The van der Waals surface area contributed by atoms with E-state index in [1.807, 2.05) is 25.1 Å². The fourth-order valence-electron chi connectivity index (χ4n) is 5.33. The molecule has 0 saturated heterocycles. The normalized spacial score (nSPS) is 14.8. The number of sulfonamides is 1. The molecular weight excluding hydrogens is 556 g/mol. The predicted octanol–water partition coefficient (Wildman–Crippen LogP) is 3.70. The Morgan fingerprint density at radius 3 is 2.38 bits per heavy atom. The average molecular weight is 591 g/mol. The molecule has 1 aromatic heterocycles. The van der Waals surface area contributed by atoms with Gasteiger partial charge < -0.3 is 10.1 Å². The van der Waals surface area contributed by atoms with E-state index in [9.17, 15) is 18.0 Å². The van der Waals surface area contributed by atoms with Crippen molar-refractivity contribution in [1.29, 1.82) is 0 Å². The lowest BCUT2D eigenvalue weighted by Crippen LogP contribution is -2.48. The van der Waals surface area contributed by atoms with E-state index in [0.717, 1.165) is 32.1 Å². The molecule has 1 aliphatic rings. The number of carbonyl (C=O) groups is 2. The molecule has 42 heavy (non-hydrogen) atoms. The number of nitrogens with one attached hydrogen (secondary N) is 1. The summed E-state index contributed by atoms with van der Waals surface area (Å²) in [5, 5.41) is 16.8.